The minimum atomic E-state index is -1.46. The summed E-state index contributed by atoms with van der Waals surface area (Å²) in [5.41, 5.74) is 2.77. The quantitative estimate of drug-likeness (QED) is 0.558. The summed E-state index contributed by atoms with van der Waals surface area (Å²) in [6, 6.07) is 8.56. The number of fused-ring (bicyclic) bond motifs is 1. The Morgan fingerprint density at radius 2 is 2.08 bits per heavy atom. The monoisotopic (exact) mass is 502 g/mol. The standard InChI is InChI=1S/C29H28F2N4O2/c1-3-19-5-6-20(27-14-32-15-28(34-27)35-7-4-8-35)10-21(19)9-18(2)13-33-29(36)22-11-23-24(25(30)12-22)16-37-17-26(23)31/h3,5-6,9-12,14-15,26H,2,4,7-8,13,16-17H2,1H3,(H,33,36)/b19-3-,21-9-. The van der Waals surface area contributed by atoms with Gasteiger partial charge in [0.25, 0.3) is 5.91 Å². The van der Waals surface area contributed by atoms with Crippen molar-refractivity contribution in [3.05, 3.63) is 87.8 Å². The fourth-order valence-corrected chi connectivity index (χ4v) is 4.46. The number of carbonyl (C=O) groups is 1. The summed E-state index contributed by atoms with van der Waals surface area (Å²) in [6.45, 7) is 8.02. The Hall–Kier alpha value is -3.91. The molecule has 1 aromatic heterocycles. The van der Waals surface area contributed by atoms with Crippen molar-refractivity contribution in [2.45, 2.75) is 26.1 Å². The average Bonchev–Trinajstić information content (AvgIpc) is 2.87. The van der Waals surface area contributed by atoms with Gasteiger partial charge in [0.1, 0.15) is 17.8 Å². The highest BCUT2D eigenvalue weighted by molar-refractivity contribution is 5.94. The van der Waals surface area contributed by atoms with Gasteiger partial charge in [0.15, 0.2) is 0 Å². The van der Waals surface area contributed by atoms with Gasteiger partial charge in [-0.3, -0.25) is 9.78 Å². The van der Waals surface area contributed by atoms with Gasteiger partial charge in [-0.2, -0.15) is 0 Å². The van der Waals surface area contributed by atoms with E-state index >= 15 is 0 Å². The van der Waals surface area contributed by atoms with E-state index < -0.39 is 17.9 Å². The SMILES string of the molecule is C=C(/C=c1/cc(-c2cncc(N3CCC3)n2)cc/c1=C/C)CNC(=O)c1cc(F)c2c(c1)C(F)COC2. The van der Waals surface area contributed by atoms with Crippen molar-refractivity contribution in [1.82, 2.24) is 15.3 Å². The molecule has 1 fully saturated rings. The summed E-state index contributed by atoms with van der Waals surface area (Å²) in [6.07, 6.45) is 7.13. The summed E-state index contributed by atoms with van der Waals surface area (Å²) in [7, 11) is 0. The highest BCUT2D eigenvalue weighted by Crippen LogP contribution is 2.30. The predicted octanol–water partition coefficient (Wildman–Crippen LogP) is 3.60. The van der Waals surface area contributed by atoms with Crippen molar-refractivity contribution in [3.8, 4) is 11.3 Å². The number of hydrogen-bond acceptors (Lipinski definition) is 5. The van der Waals surface area contributed by atoms with Crippen LogP contribution in [0.25, 0.3) is 23.4 Å². The second kappa shape index (κ2) is 10.6. The minimum Gasteiger partial charge on any atom is -0.373 e. The molecule has 1 unspecified atom stereocenters. The van der Waals surface area contributed by atoms with E-state index in [1.54, 1.807) is 12.4 Å². The minimum absolute atomic E-state index is 0.000766. The van der Waals surface area contributed by atoms with Crippen molar-refractivity contribution in [3.63, 3.8) is 0 Å². The van der Waals surface area contributed by atoms with Crippen LogP contribution in [-0.2, 0) is 11.3 Å². The zero-order chi connectivity index (χ0) is 25.9. The van der Waals surface area contributed by atoms with E-state index in [9.17, 15) is 13.6 Å². The lowest BCUT2D eigenvalue weighted by Gasteiger charge is -2.31. The molecule has 0 saturated carbocycles. The van der Waals surface area contributed by atoms with Gasteiger partial charge in [-0.25, -0.2) is 13.8 Å². The fraction of sp³-hybridized carbons (Fsp3) is 0.276. The largest absolute Gasteiger partial charge is 0.373 e. The van der Waals surface area contributed by atoms with Gasteiger partial charge in [-0.05, 0) is 59.2 Å². The van der Waals surface area contributed by atoms with Crippen LogP contribution in [0.3, 0.4) is 0 Å². The number of hydrogen-bond donors (Lipinski definition) is 1. The number of aromatic nitrogens is 2. The summed E-state index contributed by atoms with van der Waals surface area (Å²) in [4.78, 5) is 24.0. The van der Waals surface area contributed by atoms with Crippen LogP contribution in [0.15, 0.2) is 54.9 Å². The van der Waals surface area contributed by atoms with E-state index in [2.05, 4.69) is 21.8 Å². The van der Waals surface area contributed by atoms with Crippen molar-refractivity contribution < 1.29 is 18.3 Å². The maximum atomic E-state index is 14.4. The molecule has 2 aliphatic heterocycles. The van der Waals surface area contributed by atoms with Crippen molar-refractivity contribution in [1.29, 1.82) is 0 Å². The number of carbonyl (C=O) groups excluding carboxylic acids is 1. The Morgan fingerprint density at radius 1 is 1.24 bits per heavy atom. The number of anilines is 1. The fourth-order valence-electron chi connectivity index (χ4n) is 4.46. The Morgan fingerprint density at radius 3 is 2.84 bits per heavy atom. The molecule has 5 rings (SSSR count). The molecule has 2 aromatic carbocycles. The summed E-state index contributed by atoms with van der Waals surface area (Å²) >= 11 is 0. The molecule has 0 radical (unpaired) electrons. The first-order valence-electron chi connectivity index (χ1n) is 12.3. The van der Waals surface area contributed by atoms with E-state index in [1.807, 2.05) is 37.3 Å². The van der Waals surface area contributed by atoms with Crippen LogP contribution in [0, 0.1) is 5.82 Å². The molecular weight excluding hydrogens is 474 g/mol. The highest BCUT2D eigenvalue weighted by atomic mass is 19.1. The van der Waals surface area contributed by atoms with Gasteiger partial charge in [0, 0.05) is 36.3 Å². The zero-order valence-corrected chi connectivity index (χ0v) is 20.6. The average molecular weight is 503 g/mol. The Labute approximate surface area is 214 Å². The molecule has 0 aliphatic carbocycles. The maximum Gasteiger partial charge on any atom is 0.251 e. The zero-order valence-electron chi connectivity index (χ0n) is 20.6. The van der Waals surface area contributed by atoms with Crippen LogP contribution in [0.5, 0.6) is 0 Å². The van der Waals surface area contributed by atoms with Gasteiger partial charge in [0.2, 0.25) is 0 Å². The van der Waals surface area contributed by atoms with Crippen molar-refractivity contribution in [2.24, 2.45) is 0 Å². The van der Waals surface area contributed by atoms with Crippen molar-refractivity contribution >= 4 is 23.9 Å². The van der Waals surface area contributed by atoms with Crippen molar-refractivity contribution in [2.75, 3.05) is 31.1 Å². The number of benzene rings is 2. The highest BCUT2D eigenvalue weighted by Gasteiger charge is 2.25. The smallest absolute Gasteiger partial charge is 0.251 e. The van der Waals surface area contributed by atoms with E-state index in [1.165, 1.54) is 6.07 Å². The third kappa shape index (κ3) is 5.29. The van der Waals surface area contributed by atoms with Gasteiger partial charge >= 0.3 is 0 Å². The van der Waals surface area contributed by atoms with E-state index in [0.29, 0.717) is 5.57 Å². The Bertz CT molecular complexity index is 1480. The molecule has 0 bridgehead atoms. The van der Waals surface area contributed by atoms with Gasteiger partial charge in [0.05, 0.1) is 31.3 Å². The first kappa shape index (κ1) is 24.8. The molecule has 0 spiro atoms. The van der Waals surface area contributed by atoms with E-state index in [4.69, 9.17) is 9.72 Å². The molecule has 1 amide bonds. The topological polar surface area (TPSA) is 67.4 Å². The molecule has 8 heteroatoms. The van der Waals surface area contributed by atoms with Gasteiger partial charge in [-0.15, -0.1) is 0 Å². The molecule has 2 aliphatic rings. The molecule has 6 nitrogen and oxygen atoms in total. The van der Waals surface area contributed by atoms with Crippen LogP contribution in [0.1, 0.15) is 41.0 Å². The lowest BCUT2D eigenvalue weighted by Crippen LogP contribution is -2.37. The normalized spacial score (nSPS) is 17.8. The molecular formula is C29H28F2N4O2. The van der Waals surface area contributed by atoms with E-state index in [0.717, 1.165) is 53.1 Å². The van der Waals surface area contributed by atoms with Crippen LogP contribution in [-0.4, -0.2) is 42.1 Å². The second-order valence-corrected chi connectivity index (χ2v) is 9.23. The number of amides is 1. The molecule has 1 saturated heterocycles. The molecule has 1 N–H and O–H groups in total. The number of nitrogens with one attached hydrogen (secondary N) is 1. The van der Waals surface area contributed by atoms with Crippen LogP contribution in [0.4, 0.5) is 14.6 Å². The van der Waals surface area contributed by atoms with E-state index in [-0.39, 0.29) is 36.4 Å². The first-order chi connectivity index (χ1) is 17.9. The molecule has 37 heavy (non-hydrogen) atoms. The molecule has 3 heterocycles. The third-order valence-electron chi connectivity index (χ3n) is 6.67. The molecule has 1 atom stereocenters. The number of rotatable bonds is 6. The van der Waals surface area contributed by atoms with Gasteiger partial charge in [-0.1, -0.05) is 24.8 Å². The lowest BCUT2D eigenvalue weighted by atomic mass is 9.98. The Kier molecular flexibility index (Phi) is 7.10. The summed E-state index contributed by atoms with van der Waals surface area (Å²) < 4.78 is 33.7. The van der Waals surface area contributed by atoms with Crippen LogP contribution >= 0.6 is 0 Å². The van der Waals surface area contributed by atoms with Gasteiger partial charge < -0.3 is 15.0 Å². The number of halogens is 2. The number of ether oxygens (including phenoxy) is 1. The first-order valence-corrected chi connectivity index (χ1v) is 12.3. The second-order valence-electron chi connectivity index (χ2n) is 9.23. The number of alkyl halides is 1. The summed E-state index contributed by atoms with van der Waals surface area (Å²) in [5.74, 6) is -0.265. The Balaban J connectivity index is 1.34. The third-order valence-corrected chi connectivity index (χ3v) is 6.67. The summed E-state index contributed by atoms with van der Waals surface area (Å²) in [5, 5.41) is 4.69. The molecule has 3 aromatic rings. The lowest BCUT2D eigenvalue weighted by molar-refractivity contribution is 0.0488. The maximum absolute atomic E-state index is 14.4. The van der Waals surface area contributed by atoms with Crippen LogP contribution in [0.2, 0.25) is 0 Å². The van der Waals surface area contributed by atoms with Crippen LogP contribution < -0.4 is 20.7 Å². The molecule has 190 valence electrons. The predicted molar refractivity (Wildman–Crippen MR) is 140 cm³/mol. The number of nitrogens with zero attached hydrogens (tertiary/aromatic N) is 3.